The summed E-state index contributed by atoms with van der Waals surface area (Å²) in [5.41, 5.74) is 0.545. The highest BCUT2D eigenvalue weighted by Crippen LogP contribution is 2.38. The molecule has 130 valence electrons. The molecule has 1 aliphatic rings. The molecule has 1 aliphatic heterocycles. The van der Waals surface area contributed by atoms with Crippen LogP contribution in [0.2, 0.25) is 0 Å². The topological polar surface area (TPSA) is 76.0 Å². The van der Waals surface area contributed by atoms with E-state index in [2.05, 4.69) is 0 Å². The highest BCUT2D eigenvalue weighted by molar-refractivity contribution is 6.55. The molecule has 0 amide bonds. The number of phenols is 1. The zero-order valence-corrected chi connectivity index (χ0v) is 14.9. The average molecular weight is 332 g/mol. The average Bonchev–Trinajstić information content (AvgIpc) is 2.73. The summed E-state index contributed by atoms with van der Waals surface area (Å²) < 4.78 is 11.9. The number of aliphatic hydroxyl groups excluding tert-OH is 1. The summed E-state index contributed by atoms with van der Waals surface area (Å²) in [5.74, 6) is -0.177. The van der Waals surface area contributed by atoms with Crippen molar-refractivity contribution < 1.29 is 24.3 Å². The monoisotopic (exact) mass is 332 g/mol. The molecule has 1 fully saturated rings. The molecule has 0 bridgehead atoms. The molecule has 2 rings (SSSR count). The van der Waals surface area contributed by atoms with Crippen molar-refractivity contribution in [1.29, 1.82) is 0 Å². The second-order valence-corrected chi connectivity index (χ2v) is 7.02. The second-order valence-electron chi connectivity index (χ2n) is 7.02. The van der Waals surface area contributed by atoms with Gasteiger partial charge in [0.15, 0.2) is 5.78 Å². The van der Waals surface area contributed by atoms with Crippen molar-refractivity contribution in [2.75, 3.05) is 6.61 Å². The van der Waals surface area contributed by atoms with E-state index in [-0.39, 0.29) is 23.7 Å². The van der Waals surface area contributed by atoms with Crippen LogP contribution in [0.25, 0.3) is 6.08 Å². The quantitative estimate of drug-likeness (QED) is 0.640. The van der Waals surface area contributed by atoms with E-state index in [4.69, 9.17) is 9.31 Å². The van der Waals surface area contributed by atoms with Gasteiger partial charge >= 0.3 is 7.12 Å². The molecule has 1 saturated heterocycles. The van der Waals surface area contributed by atoms with Crippen molar-refractivity contribution >= 4 is 19.0 Å². The smallest absolute Gasteiger partial charge is 0.492 e. The SMILES string of the molecule is CCC(=O)c1cc(C=C(CO)B2OC(C)(C)C(C)(C)O2)ccc1O. The number of carbonyl (C=O) groups is 1. The first-order valence-electron chi connectivity index (χ1n) is 8.14. The van der Waals surface area contributed by atoms with Crippen molar-refractivity contribution in [3.63, 3.8) is 0 Å². The normalized spacial score (nSPS) is 19.6. The maximum Gasteiger partial charge on any atom is 0.492 e. The fourth-order valence-corrected chi connectivity index (χ4v) is 2.45. The van der Waals surface area contributed by atoms with Crippen molar-refractivity contribution in [3.8, 4) is 5.75 Å². The van der Waals surface area contributed by atoms with Crippen LogP contribution >= 0.6 is 0 Å². The van der Waals surface area contributed by atoms with Crippen LogP contribution in [0.5, 0.6) is 5.75 Å². The van der Waals surface area contributed by atoms with E-state index < -0.39 is 18.3 Å². The summed E-state index contributed by atoms with van der Waals surface area (Å²) in [5, 5.41) is 19.6. The third-order valence-corrected chi connectivity index (χ3v) is 4.73. The van der Waals surface area contributed by atoms with Crippen molar-refractivity contribution in [3.05, 3.63) is 34.8 Å². The van der Waals surface area contributed by atoms with Crippen LogP contribution in [0.3, 0.4) is 0 Å². The van der Waals surface area contributed by atoms with E-state index in [1.165, 1.54) is 6.07 Å². The molecule has 0 saturated carbocycles. The zero-order valence-electron chi connectivity index (χ0n) is 14.9. The number of benzene rings is 1. The zero-order chi connectivity index (χ0) is 18.1. The number of ketones is 1. The predicted molar refractivity (Wildman–Crippen MR) is 93.9 cm³/mol. The molecular formula is C18H25BO5. The van der Waals surface area contributed by atoms with Gasteiger partial charge < -0.3 is 19.5 Å². The largest absolute Gasteiger partial charge is 0.507 e. The lowest BCUT2D eigenvalue weighted by Gasteiger charge is -2.32. The third kappa shape index (κ3) is 3.56. The molecule has 1 aromatic carbocycles. The van der Waals surface area contributed by atoms with Crippen LogP contribution in [0, 0.1) is 0 Å². The van der Waals surface area contributed by atoms with Gasteiger partial charge in [0.25, 0.3) is 0 Å². The number of rotatable bonds is 5. The number of carbonyl (C=O) groups excluding carboxylic acids is 1. The lowest BCUT2D eigenvalue weighted by atomic mass is 9.77. The number of aliphatic hydroxyl groups is 1. The van der Waals surface area contributed by atoms with E-state index in [0.29, 0.717) is 17.5 Å². The summed E-state index contributed by atoms with van der Waals surface area (Å²) in [6, 6.07) is 4.78. The lowest BCUT2D eigenvalue weighted by Crippen LogP contribution is -2.41. The van der Waals surface area contributed by atoms with E-state index in [1.54, 1.807) is 25.1 Å². The molecule has 6 heteroatoms. The first-order valence-corrected chi connectivity index (χ1v) is 8.14. The molecule has 1 heterocycles. The van der Waals surface area contributed by atoms with Gasteiger partial charge in [-0.25, -0.2) is 0 Å². The minimum atomic E-state index is -0.654. The molecule has 1 aromatic rings. The van der Waals surface area contributed by atoms with E-state index in [9.17, 15) is 15.0 Å². The minimum Gasteiger partial charge on any atom is -0.507 e. The van der Waals surface area contributed by atoms with Gasteiger partial charge in [0.05, 0.1) is 23.4 Å². The standard InChI is InChI=1S/C18H25BO5/c1-6-15(21)14-10-12(7-8-16(14)22)9-13(11-20)19-23-17(2,3)18(4,5)24-19/h7-10,20,22H,6,11H2,1-5H3. The van der Waals surface area contributed by atoms with E-state index >= 15 is 0 Å². The first-order chi connectivity index (χ1) is 11.1. The highest BCUT2D eigenvalue weighted by Gasteiger charge is 2.52. The Labute approximate surface area is 143 Å². The molecule has 0 radical (unpaired) electrons. The minimum absolute atomic E-state index is 0.0415. The Kier molecular flexibility index (Phi) is 5.23. The molecule has 0 aromatic heterocycles. The fourth-order valence-electron chi connectivity index (χ4n) is 2.45. The van der Waals surface area contributed by atoms with Gasteiger partial charge in [-0.3, -0.25) is 4.79 Å². The van der Waals surface area contributed by atoms with Crippen LogP contribution in [0.1, 0.15) is 57.0 Å². The Hall–Kier alpha value is -1.63. The van der Waals surface area contributed by atoms with Crippen LogP contribution in [-0.2, 0) is 9.31 Å². The molecule has 5 nitrogen and oxygen atoms in total. The van der Waals surface area contributed by atoms with Gasteiger partial charge in [-0.15, -0.1) is 0 Å². The number of phenolic OH excluding ortho intramolecular Hbond substituents is 1. The van der Waals surface area contributed by atoms with E-state index in [1.807, 2.05) is 27.7 Å². The predicted octanol–water partition coefficient (Wildman–Crippen LogP) is 2.99. The number of aromatic hydroxyl groups is 1. The fraction of sp³-hybridized carbons (Fsp3) is 0.500. The highest BCUT2D eigenvalue weighted by atomic mass is 16.7. The third-order valence-electron chi connectivity index (χ3n) is 4.73. The molecule has 0 spiro atoms. The Morgan fingerprint density at radius 2 is 1.79 bits per heavy atom. The molecule has 0 atom stereocenters. The summed E-state index contributed by atoms with van der Waals surface area (Å²) in [6.45, 7) is 9.30. The van der Waals surface area contributed by atoms with Gasteiger partial charge in [-0.05, 0) is 50.9 Å². The van der Waals surface area contributed by atoms with Gasteiger partial charge in [-0.1, -0.05) is 19.1 Å². The molecule has 0 aliphatic carbocycles. The van der Waals surface area contributed by atoms with Gasteiger partial charge in [0.1, 0.15) is 5.75 Å². The van der Waals surface area contributed by atoms with Crippen LogP contribution < -0.4 is 0 Å². The lowest BCUT2D eigenvalue weighted by molar-refractivity contribution is 0.00578. The summed E-state index contributed by atoms with van der Waals surface area (Å²) in [7, 11) is -0.654. The number of hydrogen-bond donors (Lipinski definition) is 2. The Balaban J connectivity index is 2.34. The second kappa shape index (κ2) is 6.71. The van der Waals surface area contributed by atoms with Crippen LogP contribution in [0.4, 0.5) is 0 Å². The van der Waals surface area contributed by atoms with Gasteiger partial charge in [-0.2, -0.15) is 0 Å². The molecular weight excluding hydrogens is 307 g/mol. The Morgan fingerprint density at radius 3 is 2.29 bits per heavy atom. The maximum atomic E-state index is 11.9. The van der Waals surface area contributed by atoms with Crippen molar-refractivity contribution in [1.82, 2.24) is 0 Å². The summed E-state index contributed by atoms with van der Waals surface area (Å²) in [6.07, 6.45) is 2.04. The van der Waals surface area contributed by atoms with Crippen LogP contribution in [-0.4, -0.2) is 40.9 Å². The molecule has 2 N–H and O–H groups in total. The van der Waals surface area contributed by atoms with E-state index in [0.717, 1.165) is 0 Å². The number of Topliss-reactive ketones (excluding diaryl/α,β-unsaturated/α-hetero) is 1. The summed E-state index contributed by atoms with van der Waals surface area (Å²) in [4.78, 5) is 11.9. The first kappa shape index (κ1) is 18.7. The molecule has 24 heavy (non-hydrogen) atoms. The van der Waals surface area contributed by atoms with Crippen molar-refractivity contribution in [2.24, 2.45) is 0 Å². The Morgan fingerprint density at radius 1 is 1.21 bits per heavy atom. The molecule has 0 unspecified atom stereocenters. The van der Waals surface area contributed by atoms with Crippen molar-refractivity contribution in [2.45, 2.75) is 52.2 Å². The maximum absolute atomic E-state index is 11.9. The Bertz CT molecular complexity index is 647. The summed E-state index contributed by atoms with van der Waals surface area (Å²) >= 11 is 0. The van der Waals surface area contributed by atoms with Gasteiger partial charge in [0, 0.05) is 6.42 Å². The van der Waals surface area contributed by atoms with Crippen LogP contribution in [0.15, 0.2) is 23.7 Å². The number of hydrogen-bond acceptors (Lipinski definition) is 5. The van der Waals surface area contributed by atoms with Gasteiger partial charge in [0.2, 0.25) is 0 Å².